The van der Waals surface area contributed by atoms with Crippen LogP contribution in [0.5, 0.6) is 0 Å². The predicted molar refractivity (Wildman–Crippen MR) is 120 cm³/mol. The zero-order valence-corrected chi connectivity index (χ0v) is 17.0. The number of nitrogens with one attached hydrogen (secondary N) is 1. The highest BCUT2D eigenvalue weighted by molar-refractivity contribution is 5.79. The van der Waals surface area contributed by atoms with Gasteiger partial charge in [-0.3, -0.25) is 0 Å². The molecular formula is C23H25N7. The van der Waals surface area contributed by atoms with Crippen molar-refractivity contribution < 1.29 is 0 Å². The molecule has 0 radical (unpaired) electrons. The van der Waals surface area contributed by atoms with Crippen molar-refractivity contribution in [3.63, 3.8) is 0 Å². The van der Waals surface area contributed by atoms with Gasteiger partial charge in [0, 0.05) is 30.9 Å². The topological polar surface area (TPSA) is 84.4 Å². The number of rotatable bonds is 5. The molecule has 1 unspecified atom stereocenters. The molecule has 0 bridgehead atoms. The lowest BCUT2D eigenvalue weighted by Crippen LogP contribution is -2.27. The fraction of sp³-hybridized carbons (Fsp3) is 0.261. The molecule has 3 N–H and O–H groups in total. The monoisotopic (exact) mass is 399 g/mol. The molecule has 1 atom stereocenters. The highest BCUT2D eigenvalue weighted by atomic mass is 15.3. The zero-order valence-electron chi connectivity index (χ0n) is 17.0. The Morgan fingerprint density at radius 2 is 2.03 bits per heavy atom. The van der Waals surface area contributed by atoms with Gasteiger partial charge >= 0.3 is 0 Å². The summed E-state index contributed by atoms with van der Waals surface area (Å²) in [6.45, 7) is 3.82. The first-order chi connectivity index (χ1) is 14.7. The van der Waals surface area contributed by atoms with Crippen LogP contribution in [0.1, 0.15) is 25.3 Å². The van der Waals surface area contributed by atoms with Crippen molar-refractivity contribution >= 4 is 23.0 Å². The Morgan fingerprint density at radius 1 is 1.13 bits per heavy atom. The fourth-order valence-electron chi connectivity index (χ4n) is 4.12. The van der Waals surface area contributed by atoms with Gasteiger partial charge in [0.2, 0.25) is 0 Å². The summed E-state index contributed by atoms with van der Waals surface area (Å²) in [7, 11) is 0. The first-order valence-electron chi connectivity index (χ1n) is 10.3. The maximum atomic E-state index is 5.83. The van der Waals surface area contributed by atoms with E-state index in [0.29, 0.717) is 12.6 Å². The van der Waals surface area contributed by atoms with Gasteiger partial charge in [-0.1, -0.05) is 24.3 Å². The smallest absolute Gasteiger partial charge is 0.178 e. The minimum absolute atomic E-state index is 0.510. The Labute approximate surface area is 175 Å². The molecule has 1 fully saturated rings. The van der Waals surface area contributed by atoms with Gasteiger partial charge in [0.05, 0.1) is 5.69 Å². The lowest BCUT2D eigenvalue weighted by Gasteiger charge is -2.23. The standard InChI is InChI=1S/C23H25N7/c1-16-5-4-10-29(16)22-9-3-8-21(28-22)27-20-12-19(14-30-23(20)25-15-26-30)18-7-2-6-17(11-18)13-24/h2-3,6-9,11-12,14-16H,4-5,10,13,24H2,1H3,(H,27,28). The van der Waals surface area contributed by atoms with E-state index in [2.05, 4.69) is 51.5 Å². The Kier molecular flexibility index (Phi) is 4.80. The van der Waals surface area contributed by atoms with Crippen molar-refractivity contribution in [2.75, 3.05) is 16.8 Å². The number of nitrogens with zero attached hydrogens (tertiary/aromatic N) is 5. The van der Waals surface area contributed by atoms with E-state index in [9.17, 15) is 0 Å². The number of benzene rings is 1. The van der Waals surface area contributed by atoms with Gasteiger partial charge in [0.15, 0.2) is 5.65 Å². The average molecular weight is 400 g/mol. The van der Waals surface area contributed by atoms with Crippen molar-refractivity contribution in [1.82, 2.24) is 19.6 Å². The van der Waals surface area contributed by atoms with Crippen LogP contribution in [0, 0.1) is 0 Å². The quantitative estimate of drug-likeness (QED) is 0.528. The fourth-order valence-corrected chi connectivity index (χ4v) is 4.12. The van der Waals surface area contributed by atoms with E-state index in [1.165, 1.54) is 12.8 Å². The van der Waals surface area contributed by atoms with Gasteiger partial charge in [0.25, 0.3) is 0 Å². The first-order valence-corrected chi connectivity index (χ1v) is 10.3. The highest BCUT2D eigenvalue weighted by Gasteiger charge is 2.21. The molecule has 0 saturated carbocycles. The molecule has 1 saturated heterocycles. The molecule has 152 valence electrons. The molecule has 5 rings (SSSR count). The summed E-state index contributed by atoms with van der Waals surface area (Å²) < 4.78 is 1.79. The molecule has 4 aromatic rings. The number of aromatic nitrogens is 4. The second-order valence-corrected chi connectivity index (χ2v) is 7.77. The number of hydrogen-bond donors (Lipinski definition) is 2. The molecule has 1 aromatic carbocycles. The molecule has 7 nitrogen and oxygen atoms in total. The molecule has 30 heavy (non-hydrogen) atoms. The molecule has 0 aliphatic carbocycles. The van der Waals surface area contributed by atoms with Crippen molar-refractivity contribution in [2.45, 2.75) is 32.4 Å². The number of fused-ring (bicyclic) bond motifs is 1. The minimum atomic E-state index is 0.510. The highest BCUT2D eigenvalue weighted by Crippen LogP contribution is 2.29. The second kappa shape index (κ2) is 7.76. The van der Waals surface area contributed by atoms with E-state index in [1.54, 1.807) is 10.8 Å². The van der Waals surface area contributed by atoms with Gasteiger partial charge in [-0.2, -0.15) is 5.10 Å². The lowest BCUT2D eigenvalue weighted by molar-refractivity contribution is 0.727. The van der Waals surface area contributed by atoms with Crippen molar-refractivity contribution in [3.05, 3.63) is 66.6 Å². The summed E-state index contributed by atoms with van der Waals surface area (Å²) in [5.74, 6) is 1.80. The maximum Gasteiger partial charge on any atom is 0.178 e. The van der Waals surface area contributed by atoms with E-state index in [1.807, 2.05) is 30.5 Å². The number of hydrogen-bond acceptors (Lipinski definition) is 6. The third-order valence-electron chi connectivity index (χ3n) is 5.72. The summed E-state index contributed by atoms with van der Waals surface area (Å²) in [5, 5.41) is 7.82. The summed E-state index contributed by atoms with van der Waals surface area (Å²) in [4.78, 5) is 11.7. The maximum absolute atomic E-state index is 5.83. The van der Waals surface area contributed by atoms with Gasteiger partial charge in [-0.15, -0.1) is 0 Å². The Hall–Kier alpha value is -3.45. The van der Waals surface area contributed by atoms with Crippen LogP contribution >= 0.6 is 0 Å². The normalized spacial score (nSPS) is 16.3. The average Bonchev–Trinajstić information content (AvgIpc) is 3.43. The third kappa shape index (κ3) is 3.48. The third-order valence-corrected chi connectivity index (χ3v) is 5.72. The Bertz CT molecular complexity index is 1180. The molecule has 0 spiro atoms. The molecular weight excluding hydrogens is 374 g/mol. The summed E-state index contributed by atoms with van der Waals surface area (Å²) >= 11 is 0. The van der Waals surface area contributed by atoms with Crippen LogP contribution in [0.25, 0.3) is 16.8 Å². The molecule has 4 heterocycles. The van der Waals surface area contributed by atoms with Crippen molar-refractivity contribution in [1.29, 1.82) is 0 Å². The van der Waals surface area contributed by atoms with Crippen LogP contribution < -0.4 is 16.0 Å². The Morgan fingerprint density at radius 3 is 2.87 bits per heavy atom. The van der Waals surface area contributed by atoms with E-state index in [-0.39, 0.29) is 0 Å². The van der Waals surface area contributed by atoms with Gasteiger partial charge in [-0.25, -0.2) is 14.5 Å². The first kappa shape index (κ1) is 18.6. The van der Waals surface area contributed by atoms with E-state index >= 15 is 0 Å². The van der Waals surface area contributed by atoms with Crippen LogP contribution in [0.15, 0.2) is 61.1 Å². The van der Waals surface area contributed by atoms with Crippen LogP contribution in [-0.2, 0) is 6.54 Å². The van der Waals surface area contributed by atoms with E-state index < -0.39 is 0 Å². The van der Waals surface area contributed by atoms with Gasteiger partial charge in [-0.05, 0) is 55.2 Å². The summed E-state index contributed by atoms with van der Waals surface area (Å²) in [5.41, 5.74) is 10.7. The van der Waals surface area contributed by atoms with Crippen LogP contribution in [0.2, 0.25) is 0 Å². The lowest BCUT2D eigenvalue weighted by atomic mass is 10.0. The molecule has 0 amide bonds. The number of anilines is 3. The van der Waals surface area contributed by atoms with Gasteiger partial charge in [0.1, 0.15) is 18.0 Å². The van der Waals surface area contributed by atoms with Crippen LogP contribution in [0.3, 0.4) is 0 Å². The molecule has 1 aliphatic heterocycles. The van der Waals surface area contributed by atoms with Crippen LogP contribution in [-0.4, -0.2) is 32.2 Å². The second-order valence-electron chi connectivity index (χ2n) is 7.77. The Balaban J connectivity index is 1.52. The van der Waals surface area contributed by atoms with Crippen molar-refractivity contribution in [2.24, 2.45) is 5.73 Å². The van der Waals surface area contributed by atoms with Gasteiger partial charge < -0.3 is 16.0 Å². The number of nitrogens with two attached hydrogens (primary N) is 1. The summed E-state index contributed by atoms with van der Waals surface area (Å²) in [6, 6.07) is 17.0. The summed E-state index contributed by atoms with van der Waals surface area (Å²) in [6.07, 6.45) is 5.98. The molecule has 3 aromatic heterocycles. The number of pyridine rings is 2. The zero-order chi connectivity index (χ0) is 20.5. The van der Waals surface area contributed by atoms with Crippen molar-refractivity contribution in [3.8, 4) is 11.1 Å². The molecule has 7 heteroatoms. The molecule has 1 aliphatic rings. The van der Waals surface area contributed by atoms with E-state index in [0.717, 1.165) is 46.2 Å². The largest absolute Gasteiger partial charge is 0.354 e. The van der Waals surface area contributed by atoms with Crippen LogP contribution in [0.4, 0.5) is 17.3 Å². The SMILES string of the molecule is CC1CCCN1c1cccc(Nc2cc(-c3cccc(CN)c3)cn3ncnc23)n1. The van der Waals surface area contributed by atoms with E-state index in [4.69, 9.17) is 10.7 Å². The minimum Gasteiger partial charge on any atom is -0.354 e. The predicted octanol–water partition coefficient (Wildman–Crippen LogP) is 3.98.